The molecule has 1 aliphatic heterocycles. The lowest BCUT2D eigenvalue weighted by atomic mass is 10.1. The molecule has 32 heavy (non-hydrogen) atoms. The number of carbonyl (C=O) groups excluding carboxylic acids is 1. The molecule has 8 heteroatoms. The van der Waals surface area contributed by atoms with E-state index >= 15 is 0 Å². The summed E-state index contributed by atoms with van der Waals surface area (Å²) >= 11 is 2.89. The molecule has 1 fully saturated rings. The maximum atomic E-state index is 13.7. The number of thiophene rings is 1. The van der Waals surface area contributed by atoms with Gasteiger partial charge in [0, 0.05) is 18.0 Å². The lowest BCUT2D eigenvalue weighted by molar-refractivity contribution is -0.135. The Morgan fingerprint density at radius 1 is 1.28 bits per heavy atom. The normalized spacial score (nSPS) is 16.7. The number of fused-ring (bicyclic) bond motifs is 1. The number of morpholine rings is 1. The Balaban J connectivity index is 1.77. The van der Waals surface area contributed by atoms with Crippen molar-refractivity contribution >= 4 is 39.2 Å². The number of benzene rings is 1. The van der Waals surface area contributed by atoms with Crippen molar-refractivity contribution in [2.24, 2.45) is 0 Å². The first-order valence-corrected chi connectivity index (χ1v) is 12.7. The standard InChI is InChI=1S/C24H29N3O3S2/c1-6-19-17(5)32-22-21(19)23(29)27(18-8-7-14(2)15(3)11-18)24(25-22)31-13-20(28)26-9-10-30-16(4)12-26/h7-8,11,16H,6,9-10,12-13H2,1-5H3. The second-order valence-corrected chi connectivity index (χ2v) is 10.4. The molecule has 1 amide bonds. The van der Waals surface area contributed by atoms with Gasteiger partial charge in [0.05, 0.1) is 29.5 Å². The number of thioether (sulfide) groups is 1. The molecule has 3 heterocycles. The molecule has 1 atom stereocenters. The Bertz CT molecular complexity index is 1230. The largest absolute Gasteiger partial charge is 0.375 e. The Kier molecular flexibility index (Phi) is 6.74. The summed E-state index contributed by atoms with van der Waals surface area (Å²) < 4.78 is 7.23. The van der Waals surface area contributed by atoms with Crippen LogP contribution in [0.4, 0.5) is 0 Å². The number of hydrogen-bond donors (Lipinski definition) is 0. The summed E-state index contributed by atoms with van der Waals surface area (Å²) in [6.45, 7) is 11.9. The summed E-state index contributed by atoms with van der Waals surface area (Å²) in [5.74, 6) is 0.281. The van der Waals surface area contributed by atoms with Crippen LogP contribution in [0, 0.1) is 20.8 Å². The molecule has 0 saturated carbocycles. The van der Waals surface area contributed by atoms with E-state index in [0.717, 1.165) is 32.9 Å². The number of rotatable bonds is 5. The third-order valence-corrected chi connectivity index (χ3v) is 7.98. The number of ether oxygens (including phenoxy) is 1. The van der Waals surface area contributed by atoms with E-state index in [2.05, 4.69) is 13.8 Å². The smallest absolute Gasteiger partial charge is 0.267 e. The van der Waals surface area contributed by atoms with Gasteiger partial charge in [0.1, 0.15) is 4.83 Å². The van der Waals surface area contributed by atoms with Crippen molar-refractivity contribution in [3.8, 4) is 5.69 Å². The Labute approximate surface area is 196 Å². The SMILES string of the molecule is CCc1c(C)sc2nc(SCC(=O)N3CCOC(C)C3)n(-c3ccc(C)c(C)c3)c(=O)c12. The maximum Gasteiger partial charge on any atom is 0.267 e. The molecular formula is C24H29N3O3S2. The van der Waals surface area contributed by atoms with Crippen LogP contribution in [0.25, 0.3) is 15.9 Å². The van der Waals surface area contributed by atoms with Crippen LogP contribution in [0.1, 0.15) is 35.4 Å². The van der Waals surface area contributed by atoms with Gasteiger partial charge in [-0.15, -0.1) is 11.3 Å². The van der Waals surface area contributed by atoms with Crippen LogP contribution in [0.2, 0.25) is 0 Å². The molecular weight excluding hydrogens is 442 g/mol. The first-order chi connectivity index (χ1) is 15.3. The molecule has 2 aromatic heterocycles. The van der Waals surface area contributed by atoms with E-state index in [4.69, 9.17) is 9.72 Å². The summed E-state index contributed by atoms with van der Waals surface area (Å²) in [5.41, 5.74) is 4.07. The summed E-state index contributed by atoms with van der Waals surface area (Å²) in [6, 6.07) is 6.00. The molecule has 6 nitrogen and oxygen atoms in total. The molecule has 1 unspecified atom stereocenters. The second-order valence-electron chi connectivity index (χ2n) is 8.28. The lowest BCUT2D eigenvalue weighted by Crippen LogP contribution is -2.45. The zero-order valence-corrected chi connectivity index (χ0v) is 20.9. The fourth-order valence-electron chi connectivity index (χ4n) is 4.08. The lowest BCUT2D eigenvalue weighted by Gasteiger charge is -2.31. The van der Waals surface area contributed by atoms with Crippen LogP contribution in [-0.2, 0) is 16.0 Å². The molecule has 0 aliphatic carbocycles. The van der Waals surface area contributed by atoms with Gasteiger partial charge >= 0.3 is 0 Å². The van der Waals surface area contributed by atoms with E-state index in [1.807, 2.05) is 43.9 Å². The highest BCUT2D eigenvalue weighted by atomic mass is 32.2. The topological polar surface area (TPSA) is 64.4 Å². The third kappa shape index (κ3) is 4.36. The number of nitrogens with zero attached hydrogens (tertiary/aromatic N) is 3. The van der Waals surface area contributed by atoms with E-state index < -0.39 is 0 Å². The van der Waals surface area contributed by atoms with Crippen molar-refractivity contribution in [1.82, 2.24) is 14.5 Å². The number of amides is 1. The van der Waals surface area contributed by atoms with Crippen molar-refractivity contribution in [2.45, 2.75) is 52.3 Å². The molecule has 1 aliphatic rings. The average Bonchev–Trinajstić information content (AvgIpc) is 3.09. The minimum absolute atomic E-state index is 0.0439. The zero-order valence-electron chi connectivity index (χ0n) is 19.2. The van der Waals surface area contributed by atoms with E-state index in [0.29, 0.717) is 30.2 Å². The molecule has 0 bridgehead atoms. The predicted octanol–water partition coefficient (Wildman–Crippen LogP) is 4.27. The van der Waals surface area contributed by atoms with Gasteiger partial charge in [-0.05, 0) is 62.9 Å². The van der Waals surface area contributed by atoms with Crippen molar-refractivity contribution in [3.63, 3.8) is 0 Å². The summed E-state index contributed by atoms with van der Waals surface area (Å²) in [7, 11) is 0. The van der Waals surface area contributed by atoms with E-state index in [1.165, 1.54) is 17.3 Å². The zero-order chi connectivity index (χ0) is 23.0. The van der Waals surface area contributed by atoms with Crippen molar-refractivity contribution in [2.75, 3.05) is 25.4 Å². The monoisotopic (exact) mass is 471 g/mol. The van der Waals surface area contributed by atoms with Gasteiger partial charge in [-0.1, -0.05) is 24.8 Å². The van der Waals surface area contributed by atoms with Gasteiger partial charge in [-0.25, -0.2) is 4.98 Å². The van der Waals surface area contributed by atoms with Gasteiger partial charge in [-0.2, -0.15) is 0 Å². The minimum Gasteiger partial charge on any atom is -0.375 e. The number of hydrogen-bond acceptors (Lipinski definition) is 6. The van der Waals surface area contributed by atoms with Gasteiger partial charge in [0.2, 0.25) is 5.91 Å². The third-order valence-electron chi connectivity index (χ3n) is 6.02. The van der Waals surface area contributed by atoms with Crippen LogP contribution in [0.5, 0.6) is 0 Å². The van der Waals surface area contributed by atoms with Crippen LogP contribution in [-0.4, -0.2) is 51.9 Å². The first kappa shape index (κ1) is 23.0. The van der Waals surface area contributed by atoms with Crippen molar-refractivity contribution in [3.05, 3.63) is 50.1 Å². The Hall–Kier alpha value is -2.16. The second kappa shape index (κ2) is 9.37. The summed E-state index contributed by atoms with van der Waals surface area (Å²) in [4.78, 5) is 35.2. The van der Waals surface area contributed by atoms with Gasteiger partial charge in [0.15, 0.2) is 5.16 Å². The van der Waals surface area contributed by atoms with Gasteiger partial charge in [0.25, 0.3) is 5.56 Å². The Morgan fingerprint density at radius 3 is 2.75 bits per heavy atom. The fourth-order valence-corrected chi connectivity index (χ4v) is 6.15. The maximum absolute atomic E-state index is 13.7. The minimum atomic E-state index is -0.0607. The van der Waals surface area contributed by atoms with Crippen molar-refractivity contribution < 1.29 is 9.53 Å². The van der Waals surface area contributed by atoms with Crippen LogP contribution < -0.4 is 5.56 Å². The van der Waals surface area contributed by atoms with Gasteiger partial charge < -0.3 is 9.64 Å². The van der Waals surface area contributed by atoms with Crippen LogP contribution in [0.3, 0.4) is 0 Å². The highest BCUT2D eigenvalue weighted by Gasteiger charge is 2.24. The predicted molar refractivity (Wildman–Crippen MR) is 132 cm³/mol. The van der Waals surface area contributed by atoms with Gasteiger partial charge in [-0.3, -0.25) is 14.2 Å². The molecule has 0 N–H and O–H groups in total. The Morgan fingerprint density at radius 2 is 2.06 bits per heavy atom. The molecule has 4 rings (SSSR count). The molecule has 170 valence electrons. The highest BCUT2D eigenvalue weighted by molar-refractivity contribution is 7.99. The summed E-state index contributed by atoms with van der Waals surface area (Å²) in [5, 5.41) is 1.26. The highest BCUT2D eigenvalue weighted by Crippen LogP contribution is 2.31. The first-order valence-electron chi connectivity index (χ1n) is 10.9. The fraction of sp³-hybridized carbons (Fsp3) is 0.458. The van der Waals surface area contributed by atoms with E-state index in [-0.39, 0.29) is 23.3 Å². The number of aromatic nitrogens is 2. The molecule has 0 spiro atoms. The molecule has 3 aromatic rings. The quantitative estimate of drug-likeness (QED) is 0.411. The van der Waals surface area contributed by atoms with Crippen LogP contribution in [0.15, 0.2) is 28.2 Å². The van der Waals surface area contributed by atoms with Crippen LogP contribution >= 0.6 is 23.1 Å². The average molecular weight is 472 g/mol. The summed E-state index contributed by atoms with van der Waals surface area (Å²) in [6.07, 6.45) is 0.832. The number of aryl methyl sites for hydroxylation is 4. The molecule has 0 radical (unpaired) electrons. The van der Waals surface area contributed by atoms with Crippen molar-refractivity contribution in [1.29, 1.82) is 0 Å². The van der Waals surface area contributed by atoms with E-state index in [9.17, 15) is 9.59 Å². The molecule has 1 saturated heterocycles. The molecule has 1 aromatic carbocycles. The number of carbonyl (C=O) groups is 1. The van der Waals surface area contributed by atoms with E-state index in [1.54, 1.807) is 15.9 Å².